The van der Waals surface area contributed by atoms with Gasteiger partial charge in [0.2, 0.25) is 0 Å². The molecule has 0 saturated heterocycles. The maximum absolute atomic E-state index is 14.4. The monoisotopic (exact) mass is 2070 g/mol. The van der Waals surface area contributed by atoms with Gasteiger partial charge in [-0.1, -0.05) is 150 Å². The molecule has 1 amide bonds. The third-order valence-corrected chi connectivity index (χ3v) is 20.8. The van der Waals surface area contributed by atoms with E-state index in [1.54, 1.807) is 0 Å². The van der Waals surface area contributed by atoms with Gasteiger partial charge in [0.05, 0.1) is 72.1 Å². The van der Waals surface area contributed by atoms with E-state index in [1.165, 1.54) is 0 Å². The van der Waals surface area contributed by atoms with E-state index in [1.807, 2.05) is 0 Å². The zero-order valence-electron chi connectivity index (χ0n) is 82.9. The molecule has 1 N–H and O–H groups in total. The van der Waals surface area contributed by atoms with Crippen molar-refractivity contribution in [2.45, 2.75) is 122 Å². The normalized spacial score (nSPS) is 11.1. The molecule has 46 heteroatoms. The quantitative estimate of drug-likeness (QED) is 0.0331. The summed E-state index contributed by atoms with van der Waals surface area (Å²) in [6.07, 6.45) is 15.3. The minimum Gasteiger partial charge on any atom is -0.465 e. The first kappa shape index (κ1) is 130. The SMILES string of the molecule is C=CC(=O)OCC(COCC(COC(=O)C=C)(COC(=O)C=C)COC(=O)CCCCCCCn1c(=O)n(CCCCCCCC(=O)OCC(COCC(COC(=O)C=C)(COC(=O)C=C)COC(=O)C=C)(COC(=O)C=C)COC(=O)C=C)c(=O)n(CCCCCCNC(=O)OCC(COCC(COC(=O)C=C)(COC(=O)C=C)COC(=O)C=C)(COC(=O)C=C)COC(=O)C=C)c1=O)(COC(=O)C=C)COC(=O)C=C. The summed E-state index contributed by atoms with van der Waals surface area (Å²) < 4.78 is 118. The number of esters is 17. The molecule has 1 heterocycles. The van der Waals surface area contributed by atoms with Crippen molar-refractivity contribution in [3.05, 3.63) is 221 Å². The van der Waals surface area contributed by atoms with Gasteiger partial charge in [-0.05, 0) is 38.5 Å². The Kier molecular flexibility index (Phi) is 64.2. The molecule has 0 aliphatic rings. The molecule has 810 valence electrons. The lowest BCUT2D eigenvalue weighted by Crippen LogP contribution is -2.54. The first-order valence-corrected chi connectivity index (χ1v) is 45.9. The van der Waals surface area contributed by atoms with Crippen molar-refractivity contribution in [3.63, 3.8) is 0 Å². The number of ether oxygens (including phenoxy) is 21. The minimum atomic E-state index is -1.76. The lowest BCUT2D eigenvalue weighted by molar-refractivity contribution is -0.174. The number of hydrogen-bond donors (Lipinski definition) is 1. The second kappa shape index (κ2) is 72.8. The van der Waals surface area contributed by atoms with Crippen LogP contribution < -0.4 is 22.4 Å². The van der Waals surface area contributed by atoms with Crippen molar-refractivity contribution < 1.29 is 186 Å². The summed E-state index contributed by atoms with van der Waals surface area (Å²) in [6.45, 7) is 35.1. The van der Waals surface area contributed by atoms with Gasteiger partial charge in [-0.2, -0.15) is 0 Å². The maximum atomic E-state index is 14.4. The third kappa shape index (κ3) is 53.7. The number of rotatable bonds is 86. The van der Waals surface area contributed by atoms with Crippen LogP contribution in [-0.4, -0.2) is 286 Å². The van der Waals surface area contributed by atoms with Crippen molar-refractivity contribution in [2.75, 3.05) is 165 Å². The molecular weight excluding hydrogens is 1940 g/mol. The number of nitrogens with zero attached hydrogens (tertiary/aromatic N) is 3. The van der Waals surface area contributed by atoms with Crippen molar-refractivity contribution in [2.24, 2.45) is 32.5 Å². The lowest BCUT2D eigenvalue weighted by Gasteiger charge is -2.35. The molecule has 0 aliphatic heterocycles. The molecule has 0 fully saturated rings. The Balaban J connectivity index is 3.77. The number of amides is 1. The molecule has 1 aromatic rings. The summed E-state index contributed by atoms with van der Waals surface area (Å²) in [7, 11) is 0. The standard InChI is InChI=1S/C101H134N4O42/c1-16-75(106)130-57-96(58-131-76(107)17-2,59-132-77(108)18-3)51-127-54-99(66-139-84(115)25-10,67-140-85(116)26-11)72-145-90(121)45-39-33-31-36-42-48-103-93(124)104(49-43-37-32-34-40-46-91(122)146-73-100(68-141-86(117)27-12,69-142-87(118)28-13)55-128-52-97(60-133-78(109)19-4,61-134-79(110)20-5)62-135-80(111)21-6)95(126)105(94(103)125)50-44-38-35-41-47-102-92(123)147-74-101(70-143-88(119)29-14,71-144-89(120)30-15)56-129-53-98(63-136-81(112)22-7,64-137-82(113)23-8)65-138-83(114)24-9/h16-30H,1-15,31-74H2,(H,102,123). The highest BCUT2D eigenvalue weighted by Crippen LogP contribution is 2.32. The topological polar surface area (TPSA) is 579 Å². The Morgan fingerprint density at radius 2 is 0.333 bits per heavy atom. The maximum Gasteiger partial charge on any atom is 0.407 e. The molecule has 0 atom stereocenters. The van der Waals surface area contributed by atoms with Gasteiger partial charge in [0, 0.05) is 130 Å². The number of hydrogen-bond acceptors (Lipinski definition) is 42. The number of aromatic nitrogens is 3. The molecule has 0 unspecified atom stereocenters. The van der Waals surface area contributed by atoms with Gasteiger partial charge in [0.15, 0.2) is 0 Å². The van der Waals surface area contributed by atoms with E-state index < -0.39 is 316 Å². The van der Waals surface area contributed by atoms with Crippen LogP contribution in [0.3, 0.4) is 0 Å². The van der Waals surface area contributed by atoms with E-state index in [0.717, 1.165) is 105 Å². The van der Waals surface area contributed by atoms with Crippen LogP contribution in [0.4, 0.5) is 4.79 Å². The second-order valence-corrected chi connectivity index (χ2v) is 33.2. The van der Waals surface area contributed by atoms with Gasteiger partial charge >= 0.3 is 125 Å². The van der Waals surface area contributed by atoms with Gasteiger partial charge in [0.25, 0.3) is 0 Å². The summed E-state index contributed by atoms with van der Waals surface area (Å²) in [5.41, 5.74) is -13.0. The number of carbonyl (C=O) groups is 18. The fraction of sp³-hybridized carbons (Fsp3) is 0.495. The van der Waals surface area contributed by atoms with Crippen LogP contribution in [0.5, 0.6) is 0 Å². The van der Waals surface area contributed by atoms with Crippen LogP contribution in [-0.2, 0) is 201 Å². The number of nitrogens with one attached hydrogen (secondary N) is 1. The largest absolute Gasteiger partial charge is 0.465 e. The lowest BCUT2D eigenvalue weighted by atomic mass is 9.90. The van der Waals surface area contributed by atoms with Crippen LogP contribution in [0.1, 0.15) is 103 Å². The zero-order valence-corrected chi connectivity index (χ0v) is 82.9. The molecule has 1 aromatic heterocycles. The first-order valence-electron chi connectivity index (χ1n) is 45.9. The Bertz CT molecular complexity index is 4190. The van der Waals surface area contributed by atoms with Gasteiger partial charge in [0.1, 0.15) is 119 Å². The molecule has 0 aliphatic carbocycles. The summed E-state index contributed by atoms with van der Waals surface area (Å²) >= 11 is 0. The van der Waals surface area contributed by atoms with Crippen LogP contribution in [0, 0.1) is 32.5 Å². The predicted octanol–water partition coefficient (Wildman–Crippen LogP) is 6.13. The Labute approximate surface area is 849 Å². The van der Waals surface area contributed by atoms with Crippen molar-refractivity contribution in [3.8, 4) is 0 Å². The average molecular weight is 2080 g/mol. The highest BCUT2D eigenvalue weighted by atomic mass is 16.6. The van der Waals surface area contributed by atoms with Gasteiger partial charge in [-0.15, -0.1) is 0 Å². The molecule has 0 aromatic carbocycles. The Morgan fingerprint density at radius 3 is 0.503 bits per heavy atom. The van der Waals surface area contributed by atoms with E-state index in [4.69, 9.17) is 99.5 Å². The fourth-order valence-electron chi connectivity index (χ4n) is 12.4. The predicted molar refractivity (Wildman–Crippen MR) is 519 cm³/mol. The number of alkyl carbamates (subject to hydrolysis) is 1. The molecule has 46 nitrogen and oxygen atoms in total. The van der Waals surface area contributed by atoms with Crippen molar-refractivity contribution in [1.82, 2.24) is 19.0 Å². The van der Waals surface area contributed by atoms with Crippen molar-refractivity contribution in [1.29, 1.82) is 0 Å². The Morgan fingerprint density at radius 1 is 0.190 bits per heavy atom. The van der Waals surface area contributed by atoms with E-state index in [9.17, 15) is 101 Å². The fourth-order valence-corrected chi connectivity index (χ4v) is 12.4. The highest BCUT2D eigenvalue weighted by Gasteiger charge is 2.45. The van der Waals surface area contributed by atoms with Crippen LogP contribution in [0.25, 0.3) is 0 Å². The summed E-state index contributed by atoms with van der Waals surface area (Å²) in [4.78, 5) is 270. The van der Waals surface area contributed by atoms with Gasteiger partial charge in [-0.25, -0.2) is 105 Å². The van der Waals surface area contributed by atoms with Crippen LogP contribution in [0.2, 0.25) is 0 Å². The molecule has 0 spiro atoms. The minimum absolute atomic E-state index is 0.0360. The van der Waals surface area contributed by atoms with Gasteiger partial charge < -0.3 is 105 Å². The second-order valence-electron chi connectivity index (χ2n) is 33.2. The van der Waals surface area contributed by atoms with Crippen molar-refractivity contribution >= 4 is 108 Å². The highest BCUT2D eigenvalue weighted by molar-refractivity contribution is 5.87. The van der Waals surface area contributed by atoms with Gasteiger partial charge in [-0.3, -0.25) is 9.59 Å². The molecule has 147 heavy (non-hydrogen) atoms. The summed E-state index contributed by atoms with van der Waals surface area (Å²) in [5, 5.41) is 2.58. The summed E-state index contributed by atoms with van der Waals surface area (Å²) in [6, 6.07) is 0. The number of unbranched alkanes of at least 4 members (excludes halogenated alkanes) is 11. The number of carbonyl (C=O) groups excluding carboxylic acids is 18. The zero-order chi connectivity index (χ0) is 110. The molecular formula is C101H134N4O42. The smallest absolute Gasteiger partial charge is 0.407 e. The Hall–Kier alpha value is -15.4. The van der Waals surface area contributed by atoms with E-state index in [0.29, 0.717) is 51.4 Å². The van der Waals surface area contributed by atoms with E-state index >= 15 is 0 Å². The molecule has 0 bridgehead atoms. The molecule has 0 radical (unpaired) electrons. The summed E-state index contributed by atoms with van der Waals surface area (Å²) in [5.74, 6) is -15.7. The van der Waals surface area contributed by atoms with E-state index in [-0.39, 0.29) is 77.5 Å². The van der Waals surface area contributed by atoms with E-state index in [2.05, 4.69) is 104 Å². The molecule has 1 rings (SSSR count). The van der Waals surface area contributed by atoms with Crippen LogP contribution >= 0.6 is 0 Å². The first-order chi connectivity index (χ1) is 70.1. The van der Waals surface area contributed by atoms with Crippen LogP contribution in [0.15, 0.2) is 204 Å². The average Bonchev–Trinajstić information content (AvgIpc) is 0.781. The third-order valence-electron chi connectivity index (χ3n) is 20.8. The molecule has 0 saturated carbocycles.